The lowest BCUT2D eigenvalue weighted by Crippen LogP contribution is -2.28. The smallest absolute Gasteiger partial charge is 0.308 e. The molecule has 0 unspecified atom stereocenters. The Kier molecular flexibility index (Phi) is 3.28. The number of carboxylic acids is 1. The molecular weight excluding hydrogens is 242 g/mol. The third-order valence-corrected chi connectivity index (χ3v) is 3.49. The number of thiazole rings is 1. The van der Waals surface area contributed by atoms with E-state index in [4.69, 9.17) is 10.8 Å². The molecule has 0 radical (unpaired) electrons. The van der Waals surface area contributed by atoms with E-state index >= 15 is 0 Å². The number of likely N-dealkylation sites (tertiary alicyclic amines) is 1. The molecule has 92 valence electrons. The minimum Gasteiger partial charge on any atom is -0.481 e. The zero-order chi connectivity index (χ0) is 12.4. The third-order valence-electron chi connectivity index (χ3n) is 2.77. The molecule has 0 aliphatic carbocycles. The van der Waals surface area contributed by atoms with Crippen LogP contribution >= 0.6 is 11.3 Å². The van der Waals surface area contributed by atoms with Gasteiger partial charge in [0, 0.05) is 31.3 Å². The summed E-state index contributed by atoms with van der Waals surface area (Å²) in [6.07, 6.45) is 0.723. The lowest BCUT2D eigenvalue weighted by molar-refractivity contribution is -0.141. The summed E-state index contributed by atoms with van der Waals surface area (Å²) in [4.78, 5) is 28.0. The maximum absolute atomic E-state index is 11.5. The van der Waals surface area contributed by atoms with Crippen molar-refractivity contribution in [3.05, 3.63) is 11.1 Å². The lowest BCUT2D eigenvalue weighted by atomic mass is 10.1. The zero-order valence-corrected chi connectivity index (χ0v) is 9.94. The number of nitrogen functional groups attached to an aromatic ring is 1. The number of carbonyl (C=O) groups is 2. The summed E-state index contributed by atoms with van der Waals surface area (Å²) in [5.41, 5.74) is 6.35. The number of amides is 1. The molecule has 2 rings (SSSR count). The van der Waals surface area contributed by atoms with Crippen LogP contribution in [0.4, 0.5) is 5.13 Å². The third kappa shape index (κ3) is 2.73. The van der Waals surface area contributed by atoms with Crippen molar-refractivity contribution in [2.45, 2.75) is 12.8 Å². The van der Waals surface area contributed by atoms with Gasteiger partial charge in [0.1, 0.15) is 0 Å². The molecule has 1 aliphatic rings. The summed E-state index contributed by atoms with van der Waals surface area (Å²) in [5, 5.41) is 11.2. The quantitative estimate of drug-likeness (QED) is 0.801. The van der Waals surface area contributed by atoms with Crippen molar-refractivity contribution in [1.29, 1.82) is 0 Å². The largest absolute Gasteiger partial charge is 0.481 e. The maximum atomic E-state index is 11.5. The number of nitrogens with two attached hydrogens (primary N) is 1. The van der Waals surface area contributed by atoms with Gasteiger partial charge in [0.25, 0.3) is 0 Å². The maximum Gasteiger partial charge on any atom is 0.308 e. The molecule has 1 atom stereocenters. The van der Waals surface area contributed by atoms with E-state index in [0.717, 1.165) is 5.69 Å². The van der Waals surface area contributed by atoms with Gasteiger partial charge >= 0.3 is 5.97 Å². The van der Waals surface area contributed by atoms with Gasteiger partial charge in [-0.05, 0) is 0 Å². The van der Waals surface area contributed by atoms with Crippen LogP contribution in [0.2, 0.25) is 0 Å². The molecule has 1 saturated heterocycles. The number of rotatable bonds is 4. The van der Waals surface area contributed by atoms with Crippen molar-refractivity contribution in [2.75, 3.05) is 18.8 Å². The van der Waals surface area contributed by atoms with Crippen LogP contribution < -0.4 is 5.73 Å². The number of aliphatic carboxylic acids is 1. The standard InChI is InChI=1S/C10H13N3O3S/c11-10-12-7(5-17-10)1-2-13-4-6(9(15)16)3-8(13)14/h5-6H,1-4H2,(H2,11,12)(H,15,16)/t6-/m0/s1. The van der Waals surface area contributed by atoms with E-state index in [-0.39, 0.29) is 12.3 Å². The van der Waals surface area contributed by atoms with Gasteiger partial charge in [-0.2, -0.15) is 0 Å². The van der Waals surface area contributed by atoms with Gasteiger partial charge in [-0.25, -0.2) is 4.98 Å². The first-order chi connectivity index (χ1) is 8.06. The molecular formula is C10H13N3O3S. The van der Waals surface area contributed by atoms with E-state index in [9.17, 15) is 9.59 Å². The van der Waals surface area contributed by atoms with Crippen LogP contribution in [-0.4, -0.2) is 40.0 Å². The highest BCUT2D eigenvalue weighted by Gasteiger charge is 2.33. The highest BCUT2D eigenvalue weighted by molar-refractivity contribution is 7.13. The first-order valence-electron chi connectivity index (χ1n) is 5.26. The Balaban J connectivity index is 1.88. The zero-order valence-electron chi connectivity index (χ0n) is 9.13. The monoisotopic (exact) mass is 255 g/mol. The molecule has 3 N–H and O–H groups in total. The van der Waals surface area contributed by atoms with Crippen molar-refractivity contribution in [2.24, 2.45) is 5.92 Å². The molecule has 1 aliphatic heterocycles. The minimum atomic E-state index is -0.904. The normalized spacial score (nSPS) is 19.9. The van der Waals surface area contributed by atoms with E-state index in [2.05, 4.69) is 4.98 Å². The first kappa shape index (κ1) is 11.8. The van der Waals surface area contributed by atoms with Crippen molar-refractivity contribution >= 4 is 28.3 Å². The van der Waals surface area contributed by atoms with Gasteiger partial charge < -0.3 is 15.7 Å². The minimum absolute atomic E-state index is 0.0967. The highest BCUT2D eigenvalue weighted by Crippen LogP contribution is 2.19. The molecule has 0 spiro atoms. The highest BCUT2D eigenvalue weighted by atomic mass is 32.1. The summed E-state index contributed by atoms with van der Waals surface area (Å²) in [6, 6.07) is 0. The Labute approximate surface area is 102 Å². The van der Waals surface area contributed by atoms with Gasteiger partial charge in [0.2, 0.25) is 5.91 Å². The van der Waals surface area contributed by atoms with Crippen molar-refractivity contribution in [3.8, 4) is 0 Å². The number of carboxylic acid groups (broad SMARTS) is 1. The van der Waals surface area contributed by atoms with E-state index in [1.54, 1.807) is 4.90 Å². The molecule has 7 heteroatoms. The number of aromatic nitrogens is 1. The molecule has 2 heterocycles. The van der Waals surface area contributed by atoms with Crippen LogP contribution in [0, 0.1) is 5.92 Å². The van der Waals surface area contributed by atoms with Crippen LogP contribution in [-0.2, 0) is 16.0 Å². The summed E-state index contributed by atoms with van der Waals surface area (Å²) in [5.74, 6) is -1.57. The van der Waals surface area contributed by atoms with E-state index in [0.29, 0.717) is 24.6 Å². The summed E-state index contributed by atoms with van der Waals surface area (Å²) < 4.78 is 0. The van der Waals surface area contributed by atoms with Gasteiger partial charge in [-0.3, -0.25) is 9.59 Å². The second kappa shape index (κ2) is 4.70. The molecule has 17 heavy (non-hydrogen) atoms. The molecule has 0 saturated carbocycles. The number of nitrogens with zero attached hydrogens (tertiary/aromatic N) is 2. The van der Waals surface area contributed by atoms with E-state index in [1.807, 2.05) is 5.38 Å². The van der Waals surface area contributed by atoms with Crippen LogP contribution in [0.5, 0.6) is 0 Å². The van der Waals surface area contributed by atoms with Crippen molar-refractivity contribution in [1.82, 2.24) is 9.88 Å². The fourth-order valence-electron chi connectivity index (χ4n) is 1.84. The molecule has 0 aromatic carbocycles. The van der Waals surface area contributed by atoms with Gasteiger partial charge in [0.05, 0.1) is 11.6 Å². The van der Waals surface area contributed by atoms with Gasteiger partial charge in [-0.15, -0.1) is 11.3 Å². The van der Waals surface area contributed by atoms with Gasteiger partial charge in [-0.1, -0.05) is 0 Å². The van der Waals surface area contributed by atoms with Crippen LogP contribution in [0.25, 0.3) is 0 Å². The van der Waals surface area contributed by atoms with Crippen molar-refractivity contribution < 1.29 is 14.7 Å². The van der Waals surface area contributed by atoms with Crippen LogP contribution in [0.1, 0.15) is 12.1 Å². The second-order valence-electron chi connectivity index (χ2n) is 4.01. The molecule has 1 aromatic heterocycles. The summed E-state index contributed by atoms with van der Waals surface area (Å²) in [6.45, 7) is 0.805. The molecule has 1 aromatic rings. The summed E-state index contributed by atoms with van der Waals surface area (Å²) in [7, 11) is 0. The number of hydrogen-bond donors (Lipinski definition) is 2. The second-order valence-corrected chi connectivity index (χ2v) is 4.90. The number of anilines is 1. The van der Waals surface area contributed by atoms with E-state index in [1.165, 1.54) is 11.3 Å². The first-order valence-corrected chi connectivity index (χ1v) is 6.14. The topological polar surface area (TPSA) is 96.5 Å². The number of carbonyl (C=O) groups excluding carboxylic acids is 1. The molecule has 6 nitrogen and oxygen atoms in total. The van der Waals surface area contributed by atoms with Crippen molar-refractivity contribution in [3.63, 3.8) is 0 Å². The predicted octanol–water partition coefficient (Wildman–Crippen LogP) is 0.201. The number of hydrogen-bond acceptors (Lipinski definition) is 5. The Morgan fingerprint density at radius 3 is 3.00 bits per heavy atom. The average Bonchev–Trinajstić information content (AvgIpc) is 2.82. The average molecular weight is 255 g/mol. The molecule has 1 fully saturated rings. The molecule has 1 amide bonds. The predicted molar refractivity (Wildman–Crippen MR) is 62.6 cm³/mol. The molecule has 0 bridgehead atoms. The lowest BCUT2D eigenvalue weighted by Gasteiger charge is -2.14. The fourth-order valence-corrected chi connectivity index (χ4v) is 2.44. The van der Waals surface area contributed by atoms with Crippen LogP contribution in [0.15, 0.2) is 5.38 Å². The van der Waals surface area contributed by atoms with E-state index < -0.39 is 11.9 Å². The SMILES string of the molecule is Nc1nc(CCN2C[C@@H](C(=O)O)CC2=O)cs1. The van der Waals surface area contributed by atoms with Gasteiger partial charge in [0.15, 0.2) is 5.13 Å². The fraction of sp³-hybridized carbons (Fsp3) is 0.500. The Morgan fingerprint density at radius 2 is 2.47 bits per heavy atom. The Hall–Kier alpha value is -1.63. The Bertz CT molecular complexity index is 446. The van der Waals surface area contributed by atoms with Crippen LogP contribution in [0.3, 0.4) is 0 Å². The summed E-state index contributed by atoms with van der Waals surface area (Å²) >= 11 is 1.36. The Morgan fingerprint density at radius 1 is 1.71 bits per heavy atom.